The summed E-state index contributed by atoms with van der Waals surface area (Å²) in [5.41, 5.74) is 0.629. The molecule has 2 unspecified atom stereocenters. The van der Waals surface area contributed by atoms with E-state index in [1.165, 1.54) is 0 Å². The van der Waals surface area contributed by atoms with E-state index in [0.717, 1.165) is 23.7 Å². The lowest BCUT2D eigenvalue weighted by Gasteiger charge is -2.15. The van der Waals surface area contributed by atoms with E-state index >= 15 is 0 Å². The number of hydrogen-bond acceptors (Lipinski definition) is 2. The average molecular weight is 301 g/mol. The van der Waals surface area contributed by atoms with Crippen molar-refractivity contribution in [3.8, 4) is 0 Å². The van der Waals surface area contributed by atoms with Gasteiger partial charge in [0.05, 0.1) is 6.10 Å². The highest BCUT2D eigenvalue weighted by molar-refractivity contribution is 9.10. The van der Waals surface area contributed by atoms with E-state index in [9.17, 15) is 9.90 Å². The van der Waals surface area contributed by atoms with Gasteiger partial charge in [-0.05, 0) is 34.8 Å². The molecule has 1 aromatic rings. The number of nitrogens with one attached hydrogen (secondary N) is 1. The van der Waals surface area contributed by atoms with E-state index < -0.39 is 0 Å². The molecule has 5 heteroatoms. The van der Waals surface area contributed by atoms with Gasteiger partial charge in [0.25, 0.3) is 5.91 Å². The molecule has 1 aliphatic rings. The van der Waals surface area contributed by atoms with Crippen molar-refractivity contribution in [3.05, 3.63) is 22.4 Å². The summed E-state index contributed by atoms with van der Waals surface area (Å²) in [5.74, 6) is 0.125. The number of hydrogen-bond donors (Lipinski definition) is 2. The standard InChI is InChI=1S/C12H17BrN2O2/c1-15-7-9(13)5-10(15)12(17)14-6-8-3-2-4-11(8)16/h5,7-8,11,16H,2-4,6H2,1H3,(H,14,17). The van der Waals surface area contributed by atoms with Crippen LogP contribution in [0.3, 0.4) is 0 Å². The molecule has 1 aromatic heterocycles. The van der Waals surface area contributed by atoms with Gasteiger partial charge in [-0.2, -0.15) is 0 Å². The van der Waals surface area contributed by atoms with Crippen molar-refractivity contribution in [1.29, 1.82) is 0 Å². The highest BCUT2D eigenvalue weighted by Gasteiger charge is 2.25. The minimum absolute atomic E-state index is 0.0858. The minimum atomic E-state index is -0.254. The number of nitrogens with zero attached hydrogens (tertiary/aromatic N) is 1. The van der Waals surface area contributed by atoms with E-state index in [-0.39, 0.29) is 17.9 Å². The lowest BCUT2D eigenvalue weighted by molar-refractivity contribution is 0.0909. The lowest BCUT2D eigenvalue weighted by Crippen LogP contribution is -2.33. The lowest BCUT2D eigenvalue weighted by atomic mass is 10.1. The molecule has 0 spiro atoms. The molecule has 1 amide bonds. The molecule has 4 nitrogen and oxygen atoms in total. The van der Waals surface area contributed by atoms with Crippen molar-refractivity contribution in [2.75, 3.05) is 6.54 Å². The van der Waals surface area contributed by atoms with Crippen molar-refractivity contribution < 1.29 is 9.90 Å². The fourth-order valence-corrected chi connectivity index (χ4v) is 2.84. The molecule has 0 aliphatic heterocycles. The quantitative estimate of drug-likeness (QED) is 0.892. The van der Waals surface area contributed by atoms with Crippen LogP contribution in [0.4, 0.5) is 0 Å². The third-order valence-corrected chi connectivity index (χ3v) is 3.78. The van der Waals surface area contributed by atoms with Crippen LogP contribution in [-0.2, 0) is 7.05 Å². The van der Waals surface area contributed by atoms with Gasteiger partial charge < -0.3 is 15.0 Å². The second-order valence-corrected chi connectivity index (χ2v) is 5.54. The van der Waals surface area contributed by atoms with Crippen LogP contribution in [0.15, 0.2) is 16.7 Å². The molecular weight excluding hydrogens is 284 g/mol. The SMILES string of the molecule is Cn1cc(Br)cc1C(=O)NCC1CCCC1O. The fraction of sp³-hybridized carbons (Fsp3) is 0.583. The van der Waals surface area contributed by atoms with Crippen molar-refractivity contribution in [1.82, 2.24) is 9.88 Å². The number of carbonyl (C=O) groups excluding carboxylic acids is 1. The highest BCUT2D eigenvalue weighted by atomic mass is 79.9. The monoisotopic (exact) mass is 300 g/mol. The van der Waals surface area contributed by atoms with Gasteiger partial charge in [0.2, 0.25) is 0 Å². The molecule has 0 radical (unpaired) electrons. The van der Waals surface area contributed by atoms with Crippen LogP contribution in [0.25, 0.3) is 0 Å². The third kappa shape index (κ3) is 2.90. The smallest absolute Gasteiger partial charge is 0.267 e. The first-order chi connectivity index (χ1) is 8.08. The molecule has 1 aliphatic carbocycles. The zero-order valence-electron chi connectivity index (χ0n) is 9.82. The van der Waals surface area contributed by atoms with E-state index in [4.69, 9.17) is 0 Å². The highest BCUT2D eigenvalue weighted by Crippen LogP contribution is 2.24. The molecule has 1 saturated carbocycles. The fourth-order valence-electron chi connectivity index (χ4n) is 2.32. The van der Waals surface area contributed by atoms with Crippen molar-refractivity contribution >= 4 is 21.8 Å². The van der Waals surface area contributed by atoms with Crippen LogP contribution < -0.4 is 5.32 Å². The first-order valence-corrected chi connectivity index (χ1v) is 6.65. The summed E-state index contributed by atoms with van der Waals surface area (Å²) in [6.07, 6.45) is 4.50. The molecule has 1 fully saturated rings. The summed E-state index contributed by atoms with van der Waals surface area (Å²) in [6, 6.07) is 1.79. The first kappa shape index (κ1) is 12.6. The Morgan fingerprint density at radius 1 is 1.65 bits per heavy atom. The first-order valence-electron chi connectivity index (χ1n) is 5.86. The summed E-state index contributed by atoms with van der Waals surface area (Å²) in [5, 5.41) is 12.6. The van der Waals surface area contributed by atoms with Crippen LogP contribution in [0, 0.1) is 5.92 Å². The molecule has 0 aromatic carbocycles. The molecule has 0 bridgehead atoms. The zero-order valence-corrected chi connectivity index (χ0v) is 11.4. The number of aromatic nitrogens is 1. The summed E-state index contributed by atoms with van der Waals surface area (Å²) in [4.78, 5) is 11.9. The van der Waals surface area contributed by atoms with E-state index in [0.29, 0.717) is 12.2 Å². The molecule has 2 atom stereocenters. The Bertz CT molecular complexity index is 417. The van der Waals surface area contributed by atoms with Crippen molar-refractivity contribution in [3.63, 3.8) is 0 Å². The van der Waals surface area contributed by atoms with Gasteiger partial charge in [0.15, 0.2) is 0 Å². The molecule has 1 heterocycles. The summed E-state index contributed by atoms with van der Waals surface area (Å²) in [6.45, 7) is 0.558. The number of aliphatic hydroxyl groups is 1. The van der Waals surface area contributed by atoms with Crippen molar-refractivity contribution in [2.24, 2.45) is 13.0 Å². The maximum atomic E-state index is 11.9. The Kier molecular flexibility index (Phi) is 3.89. The second kappa shape index (κ2) is 5.23. The van der Waals surface area contributed by atoms with Crippen molar-refractivity contribution in [2.45, 2.75) is 25.4 Å². The van der Waals surface area contributed by atoms with E-state index in [1.807, 2.05) is 13.2 Å². The summed E-state index contributed by atoms with van der Waals surface area (Å²) >= 11 is 3.34. The topological polar surface area (TPSA) is 54.3 Å². The number of aryl methyl sites for hydroxylation is 1. The molecule has 17 heavy (non-hydrogen) atoms. The van der Waals surface area contributed by atoms with Crippen LogP contribution in [0.1, 0.15) is 29.8 Å². The Morgan fingerprint density at radius 3 is 2.94 bits per heavy atom. The molecule has 94 valence electrons. The van der Waals surface area contributed by atoms with Gasteiger partial charge in [-0.25, -0.2) is 0 Å². The average Bonchev–Trinajstić information content (AvgIpc) is 2.81. The maximum Gasteiger partial charge on any atom is 0.267 e. The normalized spacial score (nSPS) is 23.9. The van der Waals surface area contributed by atoms with Gasteiger partial charge in [-0.3, -0.25) is 4.79 Å². The Balaban J connectivity index is 1.91. The number of carbonyl (C=O) groups is 1. The van der Waals surface area contributed by atoms with Crippen LogP contribution in [0.2, 0.25) is 0 Å². The zero-order chi connectivity index (χ0) is 12.4. The molecule has 2 N–H and O–H groups in total. The van der Waals surface area contributed by atoms with Gasteiger partial charge in [-0.1, -0.05) is 6.42 Å². The summed E-state index contributed by atoms with van der Waals surface area (Å²) < 4.78 is 2.68. The Labute approximate surface area is 109 Å². The van der Waals surface area contributed by atoms with Gasteiger partial charge in [-0.15, -0.1) is 0 Å². The van der Waals surface area contributed by atoms with Gasteiger partial charge >= 0.3 is 0 Å². The molecule has 0 saturated heterocycles. The third-order valence-electron chi connectivity index (χ3n) is 3.35. The predicted molar refractivity (Wildman–Crippen MR) is 68.8 cm³/mol. The Hall–Kier alpha value is -0.810. The molecular formula is C12H17BrN2O2. The van der Waals surface area contributed by atoms with Gasteiger partial charge in [0, 0.05) is 30.2 Å². The van der Waals surface area contributed by atoms with Crippen LogP contribution in [-0.4, -0.2) is 28.2 Å². The van der Waals surface area contributed by atoms with E-state index in [1.54, 1.807) is 10.6 Å². The number of aliphatic hydroxyl groups excluding tert-OH is 1. The number of halogens is 1. The number of amides is 1. The van der Waals surface area contributed by atoms with Crippen LogP contribution >= 0.6 is 15.9 Å². The number of rotatable bonds is 3. The maximum absolute atomic E-state index is 11.9. The van der Waals surface area contributed by atoms with Gasteiger partial charge in [0.1, 0.15) is 5.69 Å². The Morgan fingerprint density at radius 2 is 2.41 bits per heavy atom. The minimum Gasteiger partial charge on any atom is -0.393 e. The summed E-state index contributed by atoms with van der Waals surface area (Å²) in [7, 11) is 1.84. The predicted octanol–water partition coefficient (Wildman–Crippen LogP) is 1.68. The van der Waals surface area contributed by atoms with E-state index in [2.05, 4.69) is 21.2 Å². The second-order valence-electron chi connectivity index (χ2n) is 4.62. The van der Waals surface area contributed by atoms with Crippen LogP contribution in [0.5, 0.6) is 0 Å². The largest absolute Gasteiger partial charge is 0.393 e. The molecule has 2 rings (SSSR count).